The van der Waals surface area contributed by atoms with E-state index < -0.39 is 21.7 Å². The predicted octanol–water partition coefficient (Wildman–Crippen LogP) is 5.11. The van der Waals surface area contributed by atoms with Gasteiger partial charge in [-0.15, -0.1) is 0 Å². The van der Waals surface area contributed by atoms with E-state index in [4.69, 9.17) is 0 Å². The number of pyridine rings is 1. The summed E-state index contributed by atoms with van der Waals surface area (Å²) < 4.78 is 67.9. The fraction of sp³-hybridized carbons (Fsp3) is 0.571. The molecule has 2 aromatic heterocycles. The van der Waals surface area contributed by atoms with Crippen LogP contribution in [0.4, 0.5) is 13.2 Å². The summed E-state index contributed by atoms with van der Waals surface area (Å²) in [6.07, 6.45) is 0.281. The van der Waals surface area contributed by atoms with E-state index in [0.717, 1.165) is 58.1 Å². The van der Waals surface area contributed by atoms with Crippen LogP contribution >= 0.6 is 0 Å². The van der Waals surface area contributed by atoms with Gasteiger partial charge < -0.3 is 14.4 Å². The van der Waals surface area contributed by atoms with Gasteiger partial charge in [-0.1, -0.05) is 0 Å². The number of sulfone groups is 1. The van der Waals surface area contributed by atoms with Gasteiger partial charge in [0.1, 0.15) is 11.3 Å². The van der Waals surface area contributed by atoms with Gasteiger partial charge in [-0.25, -0.2) is 18.4 Å². The van der Waals surface area contributed by atoms with Gasteiger partial charge in [-0.3, -0.25) is 0 Å². The number of piperidine rings is 2. The first-order chi connectivity index (χ1) is 18.3. The average Bonchev–Trinajstić information content (AvgIpc) is 3.23. The van der Waals surface area contributed by atoms with Gasteiger partial charge in [0.2, 0.25) is 0 Å². The number of benzene rings is 1. The average molecular weight is 564 g/mol. The Morgan fingerprint density at radius 1 is 0.949 bits per heavy atom. The largest absolute Gasteiger partial charge is 0.435 e. The number of alkyl halides is 3. The third-order valence-electron chi connectivity index (χ3n) is 8.39. The predicted molar refractivity (Wildman–Crippen MR) is 145 cm³/mol. The molecule has 0 saturated carbocycles. The number of hydrogen-bond donors (Lipinski definition) is 0. The molecule has 212 valence electrons. The highest BCUT2D eigenvalue weighted by Gasteiger charge is 2.38. The van der Waals surface area contributed by atoms with Crippen LogP contribution in [0.2, 0.25) is 0 Å². The van der Waals surface area contributed by atoms with Crippen LogP contribution < -0.4 is 0 Å². The highest BCUT2D eigenvalue weighted by Crippen LogP contribution is 2.38. The van der Waals surface area contributed by atoms with Crippen LogP contribution in [-0.2, 0) is 23.1 Å². The molecule has 0 spiro atoms. The lowest BCUT2D eigenvalue weighted by atomic mass is 9.90. The summed E-state index contributed by atoms with van der Waals surface area (Å²) in [5, 5.41) is 0. The van der Waals surface area contributed by atoms with Crippen molar-refractivity contribution in [3.8, 4) is 11.4 Å². The molecule has 0 unspecified atom stereocenters. The maximum atomic E-state index is 14.2. The minimum Gasteiger partial charge on any atom is -0.327 e. The molecule has 0 bridgehead atoms. The highest BCUT2D eigenvalue weighted by atomic mass is 32.2. The van der Waals surface area contributed by atoms with Gasteiger partial charge in [0.15, 0.2) is 15.5 Å². The number of hydrogen-bond acceptors (Lipinski definition) is 6. The summed E-state index contributed by atoms with van der Waals surface area (Å²) in [4.78, 5) is 13.6. The molecule has 0 amide bonds. The first-order valence-corrected chi connectivity index (χ1v) is 15.4. The summed E-state index contributed by atoms with van der Waals surface area (Å²) in [5.74, 6) is 0.284. The van der Waals surface area contributed by atoms with Gasteiger partial charge in [-0.05, 0) is 96.0 Å². The summed E-state index contributed by atoms with van der Waals surface area (Å²) in [6.45, 7) is 8.36. The van der Waals surface area contributed by atoms with E-state index in [1.54, 1.807) is 29.8 Å². The number of rotatable bonds is 5. The number of likely N-dealkylation sites (tertiary alicyclic amines) is 2. The first-order valence-electron chi connectivity index (χ1n) is 13.6. The number of halogens is 3. The van der Waals surface area contributed by atoms with Crippen molar-refractivity contribution < 1.29 is 21.6 Å². The van der Waals surface area contributed by atoms with Crippen molar-refractivity contribution in [2.24, 2.45) is 7.05 Å². The Kier molecular flexibility index (Phi) is 7.54. The van der Waals surface area contributed by atoms with Gasteiger partial charge in [0, 0.05) is 42.6 Å². The summed E-state index contributed by atoms with van der Waals surface area (Å²) in [6, 6.07) is 8.88. The Hall–Kier alpha value is -2.50. The van der Waals surface area contributed by atoms with Crippen LogP contribution in [0.15, 0.2) is 35.2 Å². The Labute approximate surface area is 227 Å². The molecule has 0 aliphatic carbocycles. The minimum absolute atomic E-state index is 0.0464. The molecule has 5 rings (SSSR count). The zero-order chi connectivity index (χ0) is 28.1. The first kappa shape index (κ1) is 28.0. The zero-order valence-corrected chi connectivity index (χ0v) is 23.7. The fourth-order valence-electron chi connectivity index (χ4n) is 6.05. The highest BCUT2D eigenvalue weighted by molar-refractivity contribution is 7.90. The number of imidazole rings is 1. The molecule has 2 saturated heterocycles. The zero-order valence-electron chi connectivity index (χ0n) is 22.9. The van der Waals surface area contributed by atoms with Crippen LogP contribution in [0.25, 0.3) is 22.4 Å². The smallest absolute Gasteiger partial charge is 0.327 e. The second-order valence-electron chi connectivity index (χ2n) is 11.2. The van der Waals surface area contributed by atoms with Crippen molar-refractivity contribution in [1.82, 2.24) is 24.3 Å². The lowest BCUT2D eigenvalue weighted by Crippen LogP contribution is -2.48. The number of nitrogens with zero attached hydrogens (tertiary/aromatic N) is 5. The number of fused-ring (bicyclic) bond motifs is 1. The van der Waals surface area contributed by atoms with E-state index in [1.165, 1.54) is 12.1 Å². The van der Waals surface area contributed by atoms with Crippen molar-refractivity contribution in [3.05, 3.63) is 41.7 Å². The molecule has 11 heteroatoms. The van der Waals surface area contributed by atoms with Crippen LogP contribution in [0.5, 0.6) is 0 Å². The maximum Gasteiger partial charge on any atom is 0.435 e. The standard InChI is InChI=1S/C28H36F3N5O2S/c1-18(2)35-15-11-21(12-16-35)36-13-9-19(10-14-36)23-17-24-25(26(32-23)28(29,30)31)33-27(34(24)3)20-5-7-22(8-6-20)39(4,37)38/h5-8,17-19,21H,9-16H2,1-4H3. The topological polar surface area (TPSA) is 71.3 Å². The molecule has 0 radical (unpaired) electrons. The molecule has 2 fully saturated rings. The molecule has 0 atom stereocenters. The van der Waals surface area contributed by atoms with Crippen molar-refractivity contribution >= 4 is 20.9 Å². The third-order valence-corrected chi connectivity index (χ3v) is 9.52. The Morgan fingerprint density at radius 3 is 2.10 bits per heavy atom. The molecular formula is C28H36F3N5O2S. The molecule has 2 aliphatic rings. The molecule has 0 N–H and O–H groups in total. The normalized spacial score (nSPS) is 19.4. The van der Waals surface area contributed by atoms with Crippen LogP contribution in [0, 0.1) is 0 Å². The number of aryl methyl sites for hydroxylation is 1. The fourth-order valence-corrected chi connectivity index (χ4v) is 6.68. The lowest BCUT2D eigenvalue weighted by molar-refractivity contribution is -0.140. The van der Waals surface area contributed by atoms with E-state index in [0.29, 0.717) is 34.7 Å². The molecule has 1 aromatic carbocycles. The van der Waals surface area contributed by atoms with Crippen LogP contribution in [0.3, 0.4) is 0 Å². The van der Waals surface area contributed by atoms with E-state index in [2.05, 4.69) is 33.6 Å². The lowest BCUT2D eigenvalue weighted by Gasteiger charge is -2.42. The van der Waals surface area contributed by atoms with E-state index in [9.17, 15) is 21.6 Å². The van der Waals surface area contributed by atoms with E-state index >= 15 is 0 Å². The summed E-state index contributed by atoms with van der Waals surface area (Å²) >= 11 is 0. The van der Waals surface area contributed by atoms with Crippen molar-refractivity contribution in [1.29, 1.82) is 0 Å². The summed E-state index contributed by atoms with van der Waals surface area (Å²) in [5.41, 5.74) is 0.218. The Morgan fingerprint density at radius 2 is 1.56 bits per heavy atom. The van der Waals surface area contributed by atoms with Crippen molar-refractivity contribution in [3.63, 3.8) is 0 Å². The van der Waals surface area contributed by atoms with E-state index in [-0.39, 0.29) is 16.3 Å². The second kappa shape index (κ2) is 10.5. The van der Waals surface area contributed by atoms with Crippen molar-refractivity contribution in [2.75, 3.05) is 32.4 Å². The molecule has 7 nitrogen and oxygen atoms in total. The van der Waals surface area contributed by atoms with Crippen molar-refractivity contribution in [2.45, 2.75) is 68.6 Å². The molecule has 2 aliphatic heterocycles. The van der Waals surface area contributed by atoms with Gasteiger partial charge in [0.05, 0.1) is 10.4 Å². The van der Waals surface area contributed by atoms with Gasteiger partial charge in [-0.2, -0.15) is 13.2 Å². The molecule has 4 heterocycles. The molecule has 3 aromatic rings. The quantitative estimate of drug-likeness (QED) is 0.430. The monoisotopic (exact) mass is 563 g/mol. The summed E-state index contributed by atoms with van der Waals surface area (Å²) in [7, 11) is -1.70. The Bertz CT molecular complexity index is 1430. The Balaban J connectivity index is 1.41. The van der Waals surface area contributed by atoms with Gasteiger partial charge in [0.25, 0.3) is 0 Å². The molecular weight excluding hydrogens is 527 g/mol. The van der Waals surface area contributed by atoms with E-state index in [1.807, 2.05) is 0 Å². The van der Waals surface area contributed by atoms with Gasteiger partial charge >= 0.3 is 6.18 Å². The van der Waals surface area contributed by atoms with Crippen LogP contribution in [-0.4, -0.2) is 77.3 Å². The third kappa shape index (κ3) is 5.71. The van der Waals surface area contributed by atoms with Crippen LogP contribution in [0.1, 0.15) is 56.8 Å². The SMILES string of the molecule is CC(C)N1CCC(N2CCC(c3cc4c(nc(-c5ccc(S(C)(=O)=O)cc5)n4C)c(C(F)(F)F)n3)CC2)CC1. The number of aromatic nitrogens is 3. The minimum atomic E-state index is -4.65. The second-order valence-corrected chi connectivity index (χ2v) is 13.2. The molecule has 39 heavy (non-hydrogen) atoms. The maximum absolute atomic E-state index is 14.2.